The van der Waals surface area contributed by atoms with Crippen molar-refractivity contribution >= 4 is 39.6 Å². The van der Waals surface area contributed by atoms with E-state index in [-0.39, 0.29) is 11.7 Å². The first-order chi connectivity index (χ1) is 12.4. The van der Waals surface area contributed by atoms with Crippen LogP contribution in [0.5, 0.6) is 0 Å². The maximum absolute atomic E-state index is 11.9. The molecule has 140 valence electrons. The van der Waals surface area contributed by atoms with Gasteiger partial charge in [-0.15, -0.1) is 0 Å². The fourth-order valence-electron chi connectivity index (χ4n) is 2.36. The van der Waals surface area contributed by atoms with Crippen LogP contribution in [0.2, 0.25) is 0 Å². The van der Waals surface area contributed by atoms with Crippen molar-refractivity contribution < 1.29 is 9.59 Å². The zero-order valence-electron chi connectivity index (χ0n) is 15.1. The highest BCUT2D eigenvalue weighted by Crippen LogP contribution is 2.28. The van der Waals surface area contributed by atoms with Gasteiger partial charge in [0.2, 0.25) is 5.91 Å². The van der Waals surface area contributed by atoms with Gasteiger partial charge >= 0.3 is 6.03 Å². The van der Waals surface area contributed by atoms with Gasteiger partial charge in [-0.25, -0.2) is 9.78 Å². The minimum Gasteiger partial charge on any atom is -0.338 e. The highest BCUT2D eigenvalue weighted by molar-refractivity contribution is 9.10. The summed E-state index contributed by atoms with van der Waals surface area (Å²) in [5.41, 5.74) is 2.08. The van der Waals surface area contributed by atoms with Crippen molar-refractivity contribution in [2.45, 2.75) is 32.5 Å². The van der Waals surface area contributed by atoms with Gasteiger partial charge in [0.25, 0.3) is 0 Å². The molecule has 2 N–H and O–H groups in total. The average molecular weight is 439 g/mol. The molecule has 0 spiro atoms. The quantitative estimate of drug-likeness (QED) is 0.642. The molecule has 2 rings (SSSR count). The average Bonchev–Trinajstić information content (AvgIpc) is 2.96. The van der Waals surface area contributed by atoms with E-state index in [0.717, 1.165) is 27.4 Å². The van der Waals surface area contributed by atoms with Gasteiger partial charge in [-0.3, -0.25) is 10.1 Å². The number of hydrogen-bond acceptors (Lipinski definition) is 4. The molecule has 0 aliphatic carbocycles. The molecule has 0 radical (unpaired) electrons. The summed E-state index contributed by atoms with van der Waals surface area (Å²) in [4.78, 5) is 27.8. The van der Waals surface area contributed by atoms with E-state index in [2.05, 4.69) is 50.0 Å². The summed E-state index contributed by atoms with van der Waals surface area (Å²) < 4.78 is 3.14. The molecule has 0 saturated carbocycles. The number of amides is 3. The molecule has 0 unspecified atom stereocenters. The van der Waals surface area contributed by atoms with E-state index in [1.807, 2.05) is 30.5 Å². The standard InChI is InChI=1S/C18H23BrN4O2S/c1-4-20-17(25)22-16(24)11-26-18-21-9-15(23(18)10-12(2)3)13-5-7-14(19)8-6-13/h5-9,12H,4,10-11H2,1-3H3,(H2,20,22,24,25). The Morgan fingerprint density at radius 1 is 1.27 bits per heavy atom. The summed E-state index contributed by atoms with van der Waals surface area (Å²) in [6, 6.07) is 7.59. The lowest BCUT2D eigenvalue weighted by Crippen LogP contribution is -2.40. The number of halogens is 1. The van der Waals surface area contributed by atoms with E-state index in [0.29, 0.717) is 12.5 Å². The first-order valence-corrected chi connectivity index (χ1v) is 10.2. The monoisotopic (exact) mass is 438 g/mol. The summed E-state index contributed by atoms with van der Waals surface area (Å²) in [5, 5.41) is 5.61. The number of urea groups is 1. The summed E-state index contributed by atoms with van der Waals surface area (Å²) in [6.07, 6.45) is 1.83. The fourth-order valence-corrected chi connectivity index (χ4v) is 3.42. The van der Waals surface area contributed by atoms with Crippen molar-refractivity contribution in [1.29, 1.82) is 0 Å². The van der Waals surface area contributed by atoms with Crippen LogP contribution in [-0.4, -0.2) is 33.8 Å². The van der Waals surface area contributed by atoms with Gasteiger partial charge in [0.15, 0.2) is 5.16 Å². The van der Waals surface area contributed by atoms with Gasteiger partial charge in [-0.05, 0) is 30.5 Å². The highest BCUT2D eigenvalue weighted by atomic mass is 79.9. The number of imidazole rings is 1. The number of hydrogen-bond donors (Lipinski definition) is 2. The molecular formula is C18H23BrN4O2S. The number of benzene rings is 1. The molecule has 0 aliphatic heterocycles. The second-order valence-electron chi connectivity index (χ2n) is 6.13. The van der Waals surface area contributed by atoms with Crippen LogP contribution in [0.1, 0.15) is 20.8 Å². The minimum atomic E-state index is -0.473. The Morgan fingerprint density at radius 3 is 2.58 bits per heavy atom. The van der Waals surface area contributed by atoms with Gasteiger partial charge in [0.1, 0.15) is 0 Å². The van der Waals surface area contributed by atoms with Gasteiger partial charge in [-0.1, -0.05) is 53.7 Å². The van der Waals surface area contributed by atoms with Crippen LogP contribution < -0.4 is 10.6 Å². The molecule has 3 amide bonds. The van der Waals surface area contributed by atoms with Gasteiger partial charge in [0.05, 0.1) is 17.6 Å². The SMILES string of the molecule is CCNC(=O)NC(=O)CSc1ncc(-c2ccc(Br)cc2)n1CC(C)C. The van der Waals surface area contributed by atoms with Crippen LogP contribution in [0.15, 0.2) is 40.1 Å². The van der Waals surface area contributed by atoms with Crippen LogP contribution in [-0.2, 0) is 11.3 Å². The van der Waals surface area contributed by atoms with Gasteiger partial charge in [-0.2, -0.15) is 0 Å². The maximum atomic E-state index is 11.9. The second-order valence-corrected chi connectivity index (χ2v) is 7.99. The third-order valence-electron chi connectivity index (χ3n) is 3.43. The van der Waals surface area contributed by atoms with Crippen molar-refractivity contribution in [1.82, 2.24) is 20.2 Å². The number of thioether (sulfide) groups is 1. The molecule has 1 heterocycles. The number of rotatable bonds is 7. The van der Waals surface area contributed by atoms with Crippen molar-refractivity contribution in [3.63, 3.8) is 0 Å². The molecule has 1 aromatic heterocycles. The van der Waals surface area contributed by atoms with Crippen LogP contribution in [0.4, 0.5) is 4.79 Å². The van der Waals surface area contributed by atoms with E-state index in [1.54, 1.807) is 6.92 Å². The summed E-state index contributed by atoms with van der Waals surface area (Å²) in [5.74, 6) is 0.221. The molecular weight excluding hydrogens is 416 g/mol. The number of carbonyl (C=O) groups is 2. The van der Waals surface area contributed by atoms with Crippen molar-refractivity contribution in [2.75, 3.05) is 12.3 Å². The van der Waals surface area contributed by atoms with Gasteiger partial charge < -0.3 is 9.88 Å². The van der Waals surface area contributed by atoms with Crippen molar-refractivity contribution in [3.8, 4) is 11.3 Å². The molecule has 0 aliphatic rings. The first kappa shape index (κ1) is 20.5. The Labute approximate surface area is 166 Å². The number of carbonyl (C=O) groups excluding carboxylic acids is 2. The predicted molar refractivity (Wildman–Crippen MR) is 108 cm³/mol. The third kappa shape index (κ3) is 5.88. The van der Waals surface area contributed by atoms with Crippen LogP contribution >= 0.6 is 27.7 Å². The lowest BCUT2D eigenvalue weighted by molar-refractivity contribution is -0.117. The Hall–Kier alpha value is -1.80. The predicted octanol–water partition coefficient (Wildman–Crippen LogP) is 3.91. The van der Waals surface area contributed by atoms with Crippen molar-refractivity contribution in [3.05, 3.63) is 34.9 Å². The first-order valence-electron chi connectivity index (χ1n) is 8.42. The van der Waals surface area contributed by atoms with Crippen LogP contribution in [0.25, 0.3) is 11.3 Å². The Balaban J connectivity index is 2.14. The lowest BCUT2D eigenvalue weighted by Gasteiger charge is -2.14. The van der Waals surface area contributed by atoms with Crippen LogP contribution in [0, 0.1) is 5.92 Å². The molecule has 0 saturated heterocycles. The topological polar surface area (TPSA) is 76.0 Å². The largest absolute Gasteiger partial charge is 0.338 e. The Morgan fingerprint density at radius 2 is 1.96 bits per heavy atom. The van der Waals surface area contributed by atoms with E-state index in [9.17, 15) is 9.59 Å². The Bertz CT molecular complexity index is 759. The zero-order valence-corrected chi connectivity index (χ0v) is 17.5. The van der Waals surface area contributed by atoms with E-state index >= 15 is 0 Å². The minimum absolute atomic E-state index is 0.131. The van der Waals surface area contributed by atoms with Crippen LogP contribution in [0.3, 0.4) is 0 Å². The summed E-state index contributed by atoms with van der Waals surface area (Å²) in [7, 11) is 0. The fraction of sp³-hybridized carbons (Fsp3) is 0.389. The molecule has 0 bridgehead atoms. The maximum Gasteiger partial charge on any atom is 0.321 e. The summed E-state index contributed by atoms with van der Waals surface area (Å²) in [6.45, 7) is 7.35. The molecule has 8 heteroatoms. The molecule has 26 heavy (non-hydrogen) atoms. The van der Waals surface area contributed by atoms with E-state index in [1.165, 1.54) is 11.8 Å². The van der Waals surface area contributed by atoms with Gasteiger partial charge in [0, 0.05) is 17.6 Å². The molecule has 2 aromatic rings. The number of imide groups is 1. The number of nitrogens with zero attached hydrogens (tertiary/aromatic N) is 2. The smallest absolute Gasteiger partial charge is 0.321 e. The third-order valence-corrected chi connectivity index (χ3v) is 4.95. The van der Waals surface area contributed by atoms with E-state index in [4.69, 9.17) is 0 Å². The Kier molecular flexibility index (Phi) is 7.71. The number of nitrogens with one attached hydrogen (secondary N) is 2. The lowest BCUT2D eigenvalue weighted by atomic mass is 10.1. The molecule has 1 aromatic carbocycles. The number of aromatic nitrogens is 2. The normalized spacial score (nSPS) is 10.8. The zero-order chi connectivity index (χ0) is 19.1. The second kappa shape index (κ2) is 9.78. The molecule has 0 fully saturated rings. The summed E-state index contributed by atoms with van der Waals surface area (Å²) >= 11 is 4.78. The molecule has 6 nitrogen and oxygen atoms in total. The van der Waals surface area contributed by atoms with Crippen molar-refractivity contribution in [2.24, 2.45) is 5.92 Å². The highest BCUT2D eigenvalue weighted by Gasteiger charge is 2.15. The van der Waals surface area contributed by atoms with E-state index < -0.39 is 6.03 Å². The molecule has 0 atom stereocenters.